The number of halogens is 2. The van der Waals surface area contributed by atoms with Gasteiger partial charge in [-0.1, -0.05) is 23.2 Å². The van der Waals surface area contributed by atoms with Crippen LogP contribution in [0.4, 0.5) is 5.69 Å². The molecule has 0 radical (unpaired) electrons. The first-order valence-electron chi connectivity index (χ1n) is 5.86. The summed E-state index contributed by atoms with van der Waals surface area (Å²) in [6.07, 6.45) is 0. The number of nitrogen functional groups attached to an aromatic ring is 1. The van der Waals surface area contributed by atoms with Crippen LogP contribution in [0.3, 0.4) is 0 Å². The van der Waals surface area contributed by atoms with E-state index in [0.29, 0.717) is 28.1 Å². The van der Waals surface area contributed by atoms with Gasteiger partial charge in [0, 0.05) is 11.1 Å². The van der Waals surface area contributed by atoms with Crippen molar-refractivity contribution in [1.29, 1.82) is 0 Å². The molecular formula is C14H12Cl2N2O3. The van der Waals surface area contributed by atoms with Crippen molar-refractivity contribution in [3.63, 3.8) is 0 Å². The predicted octanol–water partition coefficient (Wildman–Crippen LogP) is 3.43. The minimum atomic E-state index is -0.507. The first kappa shape index (κ1) is 15.4. The predicted molar refractivity (Wildman–Crippen MR) is 82.0 cm³/mol. The maximum Gasteiger partial charge on any atom is 0.338 e. The Morgan fingerprint density at radius 3 is 2.48 bits per heavy atom. The zero-order chi connectivity index (χ0) is 15.6. The Labute approximate surface area is 131 Å². The van der Waals surface area contributed by atoms with Gasteiger partial charge in [0.2, 0.25) is 0 Å². The molecule has 1 aromatic heterocycles. The molecule has 0 aliphatic heterocycles. The molecule has 1 aromatic carbocycles. The van der Waals surface area contributed by atoms with E-state index in [2.05, 4.69) is 4.98 Å². The molecule has 21 heavy (non-hydrogen) atoms. The van der Waals surface area contributed by atoms with E-state index in [9.17, 15) is 4.79 Å². The highest BCUT2D eigenvalue weighted by Gasteiger charge is 2.17. The average molecular weight is 327 g/mol. The summed E-state index contributed by atoms with van der Waals surface area (Å²) < 4.78 is 9.89. The second-order valence-electron chi connectivity index (χ2n) is 4.10. The number of hydrogen-bond donors (Lipinski definition) is 1. The minimum Gasteiger partial charge on any atom is -0.495 e. The van der Waals surface area contributed by atoms with E-state index in [1.807, 2.05) is 0 Å². The number of ether oxygens (including phenoxy) is 2. The van der Waals surface area contributed by atoms with Gasteiger partial charge >= 0.3 is 5.97 Å². The maximum atomic E-state index is 11.7. The van der Waals surface area contributed by atoms with Crippen LogP contribution in [0.2, 0.25) is 10.3 Å². The topological polar surface area (TPSA) is 74.4 Å². The van der Waals surface area contributed by atoms with Crippen LogP contribution >= 0.6 is 23.2 Å². The summed E-state index contributed by atoms with van der Waals surface area (Å²) in [6.45, 7) is 0. The lowest BCUT2D eigenvalue weighted by Crippen LogP contribution is -2.05. The van der Waals surface area contributed by atoms with E-state index in [4.69, 9.17) is 38.4 Å². The van der Waals surface area contributed by atoms with Crippen LogP contribution in [0.25, 0.3) is 11.1 Å². The van der Waals surface area contributed by atoms with Gasteiger partial charge in [-0.2, -0.15) is 0 Å². The van der Waals surface area contributed by atoms with Crippen molar-refractivity contribution in [1.82, 2.24) is 4.98 Å². The number of carbonyl (C=O) groups is 1. The van der Waals surface area contributed by atoms with E-state index in [1.54, 1.807) is 18.2 Å². The molecule has 7 heteroatoms. The number of benzene rings is 1. The molecule has 2 rings (SSSR count). The number of nitrogens with two attached hydrogens (primary N) is 1. The molecule has 5 nitrogen and oxygen atoms in total. The fourth-order valence-electron chi connectivity index (χ4n) is 1.87. The third-order valence-electron chi connectivity index (χ3n) is 2.89. The molecule has 1 heterocycles. The average Bonchev–Trinajstić information content (AvgIpc) is 2.47. The summed E-state index contributed by atoms with van der Waals surface area (Å²) >= 11 is 11.9. The van der Waals surface area contributed by atoms with E-state index in [0.717, 1.165) is 0 Å². The normalized spacial score (nSPS) is 10.3. The number of esters is 1. The zero-order valence-electron chi connectivity index (χ0n) is 11.3. The molecule has 0 atom stereocenters. The smallest absolute Gasteiger partial charge is 0.338 e. The molecule has 0 spiro atoms. The van der Waals surface area contributed by atoms with Gasteiger partial charge in [-0.15, -0.1) is 0 Å². The summed E-state index contributed by atoms with van der Waals surface area (Å²) in [5, 5.41) is 0.441. The standard InChI is InChI=1S/C14H12Cl2N2O3/c1-20-10-6-7(14(19)21-2)5-9(12(10)17)8-3-4-11(15)18-13(8)16/h3-6H,17H2,1-2H3. The molecule has 0 bridgehead atoms. The Hall–Kier alpha value is -1.98. The molecule has 0 aliphatic carbocycles. The van der Waals surface area contributed by atoms with Crippen LogP contribution in [-0.4, -0.2) is 25.2 Å². The quantitative estimate of drug-likeness (QED) is 0.531. The molecular weight excluding hydrogens is 315 g/mol. The van der Waals surface area contributed by atoms with Gasteiger partial charge in [0.25, 0.3) is 0 Å². The van der Waals surface area contributed by atoms with Crippen LogP contribution in [0.1, 0.15) is 10.4 Å². The highest BCUT2D eigenvalue weighted by Crippen LogP contribution is 2.38. The number of nitrogens with zero attached hydrogens (tertiary/aromatic N) is 1. The Morgan fingerprint density at radius 2 is 1.90 bits per heavy atom. The molecule has 2 aromatic rings. The third-order valence-corrected chi connectivity index (χ3v) is 3.39. The molecule has 0 unspecified atom stereocenters. The van der Waals surface area contributed by atoms with Crippen molar-refractivity contribution in [2.45, 2.75) is 0 Å². The van der Waals surface area contributed by atoms with E-state index >= 15 is 0 Å². The van der Waals surface area contributed by atoms with E-state index in [1.165, 1.54) is 20.3 Å². The summed E-state index contributed by atoms with van der Waals surface area (Å²) in [7, 11) is 2.75. The minimum absolute atomic E-state index is 0.179. The van der Waals surface area contributed by atoms with Gasteiger partial charge in [0.05, 0.1) is 25.5 Å². The van der Waals surface area contributed by atoms with Crippen molar-refractivity contribution < 1.29 is 14.3 Å². The van der Waals surface area contributed by atoms with Crippen LogP contribution in [0, 0.1) is 0 Å². The SMILES string of the molecule is COC(=O)c1cc(OC)c(N)c(-c2ccc(Cl)nc2Cl)c1. The second kappa shape index (κ2) is 6.20. The first-order chi connectivity index (χ1) is 9.97. The number of pyridine rings is 1. The van der Waals surface area contributed by atoms with Gasteiger partial charge in [0.15, 0.2) is 0 Å². The Morgan fingerprint density at radius 1 is 1.19 bits per heavy atom. The van der Waals surface area contributed by atoms with Crippen LogP contribution in [0.15, 0.2) is 24.3 Å². The summed E-state index contributed by atoms with van der Waals surface area (Å²) in [5.74, 6) is -0.161. The van der Waals surface area contributed by atoms with Crippen molar-refractivity contribution in [2.75, 3.05) is 20.0 Å². The molecule has 0 saturated heterocycles. The lowest BCUT2D eigenvalue weighted by molar-refractivity contribution is 0.0600. The molecule has 2 N–H and O–H groups in total. The number of anilines is 1. The van der Waals surface area contributed by atoms with Gasteiger partial charge in [-0.3, -0.25) is 0 Å². The number of methoxy groups -OCH3 is 2. The molecule has 0 fully saturated rings. The van der Waals surface area contributed by atoms with Gasteiger partial charge in [0.1, 0.15) is 16.1 Å². The Bertz CT molecular complexity index is 705. The number of aromatic nitrogens is 1. The van der Waals surface area contributed by atoms with Crippen molar-refractivity contribution in [3.05, 3.63) is 40.1 Å². The number of carbonyl (C=O) groups excluding carboxylic acids is 1. The number of rotatable bonds is 3. The maximum absolute atomic E-state index is 11.7. The molecule has 0 aliphatic rings. The number of hydrogen-bond acceptors (Lipinski definition) is 5. The lowest BCUT2D eigenvalue weighted by atomic mass is 10.0. The van der Waals surface area contributed by atoms with Gasteiger partial charge < -0.3 is 15.2 Å². The monoisotopic (exact) mass is 326 g/mol. The highest BCUT2D eigenvalue weighted by molar-refractivity contribution is 6.34. The molecule has 0 amide bonds. The largest absolute Gasteiger partial charge is 0.495 e. The van der Waals surface area contributed by atoms with Crippen LogP contribution in [0.5, 0.6) is 5.75 Å². The lowest BCUT2D eigenvalue weighted by Gasteiger charge is -2.13. The molecule has 110 valence electrons. The summed E-state index contributed by atoms with van der Waals surface area (Å²) in [6, 6.07) is 6.33. The zero-order valence-corrected chi connectivity index (χ0v) is 12.8. The van der Waals surface area contributed by atoms with Crippen LogP contribution in [-0.2, 0) is 4.74 Å². The fraction of sp³-hybridized carbons (Fsp3) is 0.143. The highest BCUT2D eigenvalue weighted by atomic mass is 35.5. The van der Waals surface area contributed by atoms with E-state index in [-0.39, 0.29) is 10.3 Å². The van der Waals surface area contributed by atoms with Crippen molar-refractivity contribution in [3.8, 4) is 16.9 Å². The Kier molecular flexibility index (Phi) is 4.55. The Balaban J connectivity index is 2.69. The van der Waals surface area contributed by atoms with E-state index < -0.39 is 5.97 Å². The fourth-order valence-corrected chi connectivity index (χ4v) is 2.31. The summed E-state index contributed by atoms with van der Waals surface area (Å²) in [4.78, 5) is 15.7. The van der Waals surface area contributed by atoms with Crippen LogP contribution < -0.4 is 10.5 Å². The first-order valence-corrected chi connectivity index (χ1v) is 6.61. The second-order valence-corrected chi connectivity index (χ2v) is 4.85. The molecule has 0 saturated carbocycles. The summed E-state index contributed by atoms with van der Waals surface area (Å²) in [5.41, 5.74) is 7.75. The van der Waals surface area contributed by atoms with Crippen molar-refractivity contribution in [2.24, 2.45) is 0 Å². The third kappa shape index (κ3) is 3.04. The van der Waals surface area contributed by atoms with Gasteiger partial charge in [-0.25, -0.2) is 9.78 Å². The van der Waals surface area contributed by atoms with Crippen molar-refractivity contribution >= 4 is 34.9 Å². The van der Waals surface area contributed by atoms with Gasteiger partial charge in [-0.05, 0) is 24.3 Å².